The van der Waals surface area contributed by atoms with Crippen molar-refractivity contribution in [1.82, 2.24) is 4.90 Å². The van der Waals surface area contributed by atoms with Crippen molar-refractivity contribution in [2.75, 3.05) is 19.6 Å². The normalized spacial score (nSPS) is 35.6. The zero-order valence-corrected chi connectivity index (χ0v) is 10.4. The molecule has 2 atom stereocenters. The van der Waals surface area contributed by atoms with Gasteiger partial charge in [0.25, 0.3) is 0 Å². The number of carbonyl (C=O) groups excluding carboxylic acids is 1. The zero-order chi connectivity index (χ0) is 11.8. The fourth-order valence-electron chi connectivity index (χ4n) is 3.02. The molecule has 3 nitrogen and oxygen atoms in total. The molecule has 1 aliphatic carbocycles. The monoisotopic (exact) mass is 225 g/mol. The summed E-state index contributed by atoms with van der Waals surface area (Å²) in [6.07, 6.45) is 3.84. The highest BCUT2D eigenvalue weighted by atomic mass is 16.3. The van der Waals surface area contributed by atoms with Gasteiger partial charge in [0, 0.05) is 24.4 Å². The molecule has 1 N–H and O–H groups in total. The SMILES string of the molecule is CC1(C)CCC(CN2CCCC(O)C2)C1=O. The van der Waals surface area contributed by atoms with Crippen molar-refractivity contribution in [2.45, 2.75) is 45.6 Å². The predicted molar refractivity (Wildman–Crippen MR) is 63.2 cm³/mol. The molecule has 3 heteroatoms. The molecule has 2 aliphatic rings. The number of Topliss-reactive ketones (excluding diaryl/α,β-unsaturated/α-hetero) is 1. The van der Waals surface area contributed by atoms with E-state index in [-0.39, 0.29) is 17.4 Å². The number of carbonyl (C=O) groups is 1. The van der Waals surface area contributed by atoms with Crippen LogP contribution in [0.5, 0.6) is 0 Å². The summed E-state index contributed by atoms with van der Waals surface area (Å²) in [5.41, 5.74) is -0.112. The van der Waals surface area contributed by atoms with E-state index in [2.05, 4.69) is 18.7 Å². The van der Waals surface area contributed by atoms with E-state index in [1.54, 1.807) is 0 Å². The van der Waals surface area contributed by atoms with Gasteiger partial charge >= 0.3 is 0 Å². The van der Waals surface area contributed by atoms with E-state index in [1.165, 1.54) is 0 Å². The minimum atomic E-state index is -0.182. The van der Waals surface area contributed by atoms with Gasteiger partial charge in [-0.05, 0) is 32.2 Å². The molecule has 2 rings (SSSR count). The van der Waals surface area contributed by atoms with Crippen molar-refractivity contribution in [2.24, 2.45) is 11.3 Å². The third-order valence-electron chi connectivity index (χ3n) is 4.11. The first-order chi connectivity index (χ1) is 7.49. The third kappa shape index (κ3) is 2.46. The first kappa shape index (κ1) is 12.1. The maximum Gasteiger partial charge on any atom is 0.142 e. The molecule has 1 saturated carbocycles. The quantitative estimate of drug-likeness (QED) is 0.773. The summed E-state index contributed by atoms with van der Waals surface area (Å²) in [5.74, 6) is 0.632. The molecule has 2 fully saturated rings. The Morgan fingerprint density at radius 3 is 2.75 bits per heavy atom. The molecule has 0 spiro atoms. The molecule has 0 radical (unpaired) electrons. The molecule has 16 heavy (non-hydrogen) atoms. The number of nitrogens with zero attached hydrogens (tertiary/aromatic N) is 1. The van der Waals surface area contributed by atoms with Crippen molar-refractivity contribution in [3.05, 3.63) is 0 Å². The average Bonchev–Trinajstić information content (AvgIpc) is 2.45. The van der Waals surface area contributed by atoms with Crippen LogP contribution < -0.4 is 0 Å². The minimum Gasteiger partial charge on any atom is -0.392 e. The highest BCUT2D eigenvalue weighted by Crippen LogP contribution is 2.38. The van der Waals surface area contributed by atoms with Crippen LogP contribution in [0.1, 0.15) is 39.5 Å². The van der Waals surface area contributed by atoms with Crippen molar-refractivity contribution >= 4 is 5.78 Å². The van der Waals surface area contributed by atoms with Crippen molar-refractivity contribution < 1.29 is 9.90 Å². The summed E-state index contributed by atoms with van der Waals surface area (Å²) in [7, 11) is 0. The predicted octanol–water partition coefficient (Wildman–Crippen LogP) is 1.45. The van der Waals surface area contributed by atoms with Gasteiger partial charge in [0.2, 0.25) is 0 Å². The van der Waals surface area contributed by atoms with E-state index < -0.39 is 0 Å². The van der Waals surface area contributed by atoms with E-state index in [0.29, 0.717) is 5.78 Å². The second-order valence-electron chi connectivity index (χ2n) is 6.04. The van der Waals surface area contributed by atoms with Crippen LogP contribution in [0.15, 0.2) is 0 Å². The molecule has 0 aromatic rings. The molecule has 1 aliphatic heterocycles. The lowest BCUT2D eigenvalue weighted by Gasteiger charge is -2.31. The van der Waals surface area contributed by atoms with Crippen LogP contribution in [0.4, 0.5) is 0 Å². The molecule has 0 amide bonds. The lowest BCUT2D eigenvalue weighted by atomic mass is 9.89. The lowest BCUT2D eigenvalue weighted by Crippen LogP contribution is -2.42. The summed E-state index contributed by atoms with van der Waals surface area (Å²) in [6.45, 7) is 6.77. The van der Waals surface area contributed by atoms with Crippen LogP contribution in [-0.4, -0.2) is 41.5 Å². The smallest absolute Gasteiger partial charge is 0.142 e. The van der Waals surface area contributed by atoms with Crippen LogP contribution in [0.25, 0.3) is 0 Å². The molecule has 2 unspecified atom stereocenters. The molecule has 0 aromatic heterocycles. The van der Waals surface area contributed by atoms with Gasteiger partial charge < -0.3 is 10.0 Å². The Balaban J connectivity index is 1.88. The zero-order valence-electron chi connectivity index (χ0n) is 10.4. The molecular formula is C13H23NO2. The summed E-state index contributed by atoms with van der Waals surface area (Å²) in [5, 5.41) is 9.60. The summed E-state index contributed by atoms with van der Waals surface area (Å²) in [6, 6.07) is 0. The number of ketones is 1. The highest BCUT2D eigenvalue weighted by molar-refractivity contribution is 5.88. The van der Waals surface area contributed by atoms with Gasteiger partial charge in [-0.1, -0.05) is 13.8 Å². The van der Waals surface area contributed by atoms with Crippen LogP contribution in [0.3, 0.4) is 0 Å². The van der Waals surface area contributed by atoms with Crippen molar-refractivity contribution in [3.63, 3.8) is 0 Å². The van der Waals surface area contributed by atoms with Crippen molar-refractivity contribution in [1.29, 1.82) is 0 Å². The number of aliphatic hydroxyl groups is 1. The molecule has 0 bridgehead atoms. The van der Waals surface area contributed by atoms with Crippen LogP contribution in [-0.2, 0) is 4.79 Å². The van der Waals surface area contributed by atoms with Gasteiger partial charge in [0.15, 0.2) is 0 Å². The standard InChI is InChI=1S/C13H23NO2/c1-13(2)6-5-10(12(13)16)8-14-7-3-4-11(15)9-14/h10-11,15H,3-9H2,1-2H3. The Morgan fingerprint density at radius 1 is 1.44 bits per heavy atom. The Kier molecular flexibility index (Phi) is 3.36. The van der Waals surface area contributed by atoms with Gasteiger partial charge in [-0.2, -0.15) is 0 Å². The molecule has 1 saturated heterocycles. The first-order valence-electron chi connectivity index (χ1n) is 6.44. The maximum atomic E-state index is 12.1. The van der Waals surface area contributed by atoms with Gasteiger partial charge in [-0.25, -0.2) is 0 Å². The van der Waals surface area contributed by atoms with E-state index in [0.717, 1.165) is 45.3 Å². The molecule has 92 valence electrons. The van der Waals surface area contributed by atoms with Crippen LogP contribution >= 0.6 is 0 Å². The fraction of sp³-hybridized carbons (Fsp3) is 0.923. The fourth-order valence-corrected chi connectivity index (χ4v) is 3.02. The Bertz CT molecular complexity index is 275. The number of rotatable bonds is 2. The lowest BCUT2D eigenvalue weighted by molar-refractivity contribution is -0.128. The number of aliphatic hydroxyl groups excluding tert-OH is 1. The first-order valence-corrected chi connectivity index (χ1v) is 6.44. The summed E-state index contributed by atoms with van der Waals surface area (Å²) >= 11 is 0. The van der Waals surface area contributed by atoms with E-state index in [1.807, 2.05) is 0 Å². The number of hydrogen-bond acceptors (Lipinski definition) is 3. The molecule has 1 heterocycles. The van der Waals surface area contributed by atoms with E-state index >= 15 is 0 Å². The molecular weight excluding hydrogens is 202 g/mol. The van der Waals surface area contributed by atoms with Gasteiger partial charge in [-0.3, -0.25) is 4.79 Å². The Morgan fingerprint density at radius 2 is 2.19 bits per heavy atom. The van der Waals surface area contributed by atoms with Gasteiger partial charge in [-0.15, -0.1) is 0 Å². The van der Waals surface area contributed by atoms with Crippen molar-refractivity contribution in [3.8, 4) is 0 Å². The third-order valence-corrected chi connectivity index (χ3v) is 4.11. The largest absolute Gasteiger partial charge is 0.392 e. The second-order valence-corrected chi connectivity index (χ2v) is 6.04. The number of likely N-dealkylation sites (tertiary alicyclic amines) is 1. The average molecular weight is 225 g/mol. The van der Waals surface area contributed by atoms with E-state index in [4.69, 9.17) is 0 Å². The Labute approximate surface area is 97.8 Å². The highest BCUT2D eigenvalue weighted by Gasteiger charge is 2.41. The number of β-amino-alcohol motifs (C(OH)–C–C–N with tert-alkyl or cyclic N) is 1. The van der Waals surface area contributed by atoms with Crippen LogP contribution in [0.2, 0.25) is 0 Å². The number of piperidine rings is 1. The Hall–Kier alpha value is -0.410. The van der Waals surface area contributed by atoms with E-state index in [9.17, 15) is 9.90 Å². The summed E-state index contributed by atoms with van der Waals surface area (Å²) in [4.78, 5) is 14.4. The minimum absolute atomic E-state index is 0.112. The summed E-state index contributed by atoms with van der Waals surface area (Å²) < 4.78 is 0. The second kappa shape index (κ2) is 4.46. The van der Waals surface area contributed by atoms with Crippen LogP contribution in [0, 0.1) is 11.3 Å². The van der Waals surface area contributed by atoms with Gasteiger partial charge in [0.1, 0.15) is 5.78 Å². The number of hydrogen-bond donors (Lipinski definition) is 1. The topological polar surface area (TPSA) is 40.5 Å². The van der Waals surface area contributed by atoms with Gasteiger partial charge in [0.05, 0.1) is 6.10 Å². The maximum absolute atomic E-state index is 12.1. The molecule has 0 aromatic carbocycles.